The second-order valence-corrected chi connectivity index (χ2v) is 5.50. The molecule has 0 saturated heterocycles. The van der Waals surface area contributed by atoms with Crippen LogP contribution in [0, 0.1) is 10.1 Å². The van der Waals surface area contributed by atoms with Crippen LogP contribution in [0.2, 0.25) is 10.0 Å². The van der Waals surface area contributed by atoms with Gasteiger partial charge >= 0.3 is 0 Å². The van der Waals surface area contributed by atoms with E-state index in [-0.39, 0.29) is 27.8 Å². The minimum absolute atomic E-state index is 0.0282. The topological polar surface area (TPSA) is 98.3 Å². The van der Waals surface area contributed by atoms with E-state index >= 15 is 0 Å². The smallest absolute Gasteiger partial charge is 0.271 e. The first-order chi connectivity index (χ1) is 8.61. The Hall–Kier alpha value is -1.37. The summed E-state index contributed by atoms with van der Waals surface area (Å²) in [5.74, 6) is -0.561. The summed E-state index contributed by atoms with van der Waals surface area (Å²) in [7, 11) is 0. The Morgan fingerprint density at radius 1 is 1.47 bits per heavy atom. The average Bonchev–Trinajstić information content (AvgIpc) is 2.28. The molecule has 0 saturated carbocycles. The summed E-state index contributed by atoms with van der Waals surface area (Å²) in [4.78, 5) is 22.0. The van der Waals surface area contributed by atoms with Crippen molar-refractivity contribution in [3.05, 3.63) is 37.9 Å². The quantitative estimate of drug-likeness (QED) is 0.659. The highest BCUT2D eigenvalue weighted by molar-refractivity contribution is 6.44. The van der Waals surface area contributed by atoms with Crippen molar-refractivity contribution in [2.45, 2.75) is 19.4 Å². The predicted molar refractivity (Wildman–Crippen MR) is 73.7 cm³/mol. The molecule has 0 aliphatic carbocycles. The van der Waals surface area contributed by atoms with E-state index in [0.29, 0.717) is 0 Å². The molecule has 1 amide bonds. The Labute approximate surface area is 120 Å². The summed E-state index contributed by atoms with van der Waals surface area (Å²) < 4.78 is 0. The second kappa shape index (κ2) is 5.73. The van der Waals surface area contributed by atoms with Gasteiger partial charge < -0.3 is 11.1 Å². The van der Waals surface area contributed by atoms with Gasteiger partial charge in [0, 0.05) is 24.2 Å². The van der Waals surface area contributed by atoms with Crippen LogP contribution in [0.4, 0.5) is 5.69 Å². The Morgan fingerprint density at radius 3 is 2.53 bits per heavy atom. The van der Waals surface area contributed by atoms with Crippen molar-refractivity contribution in [1.82, 2.24) is 5.32 Å². The molecule has 0 spiro atoms. The minimum atomic E-state index is -0.647. The van der Waals surface area contributed by atoms with Gasteiger partial charge in [-0.3, -0.25) is 14.9 Å². The molecule has 0 atom stereocenters. The maximum atomic E-state index is 11.9. The van der Waals surface area contributed by atoms with Crippen LogP contribution in [0.3, 0.4) is 0 Å². The Kier molecular flexibility index (Phi) is 4.73. The van der Waals surface area contributed by atoms with Crippen molar-refractivity contribution < 1.29 is 9.72 Å². The van der Waals surface area contributed by atoms with Crippen LogP contribution in [-0.2, 0) is 0 Å². The molecule has 0 heterocycles. The van der Waals surface area contributed by atoms with Crippen LogP contribution in [0.25, 0.3) is 0 Å². The van der Waals surface area contributed by atoms with Gasteiger partial charge in [-0.25, -0.2) is 0 Å². The van der Waals surface area contributed by atoms with Crippen LogP contribution in [-0.4, -0.2) is 22.9 Å². The molecular weight excluding hydrogens is 293 g/mol. The molecule has 3 N–H and O–H groups in total. The summed E-state index contributed by atoms with van der Waals surface area (Å²) in [5.41, 5.74) is 4.77. The largest absolute Gasteiger partial charge is 0.350 e. The Bertz CT molecular complexity index is 527. The summed E-state index contributed by atoms with van der Waals surface area (Å²) in [6.07, 6.45) is 0. The van der Waals surface area contributed by atoms with Crippen molar-refractivity contribution in [2.75, 3.05) is 6.54 Å². The third-order valence-electron chi connectivity index (χ3n) is 2.17. The summed E-state index contributed by atoms with van der Waals surface area (Å²) in [5, 5.41) is 13.2. The molecule has 0 radical (unpaired) electrons. The third kappa shape index (κ3) is 4.34. The van der Waals surface area contributed by atoms with Gasteiger partial charge in [0.05, 0.1) is 20.5 Å². The van der Waals surface area contributed by atoms with Gasteiger partial charge in [-0.2, -0.15) is 0 Å². The molecule has 0 bridgehead atoms. The number of hydrogen-bond acceptors (Lipinski definition) is 4. The summed E-state index contributed by atoms with van der Waals surface area (Å²) in [6.45, 7) is 3.66. The van der Waals surface area contributed by atoms with Crippen molar-refractivity contribution >= 4 is 34.8 Å². The number of halogens is 2. The number of hydrogen-bond donors (Lipinski definition) is 2. The first-order valence-corrected chi connectivity index (χ1v) is 6.08. The van der Waals surface area contributed by atoms with Crippen molar-refractivity contribution in [1.29, 1.82) is 0 Å². The number of non-ortho nitro benzene ring substituents is 1. The van der Waals surface area contributed by atoms with Gasteiger partial charge in [0.25, 0.3) is 11.6 Å². The van der Waals surface area contributed by atoms with Gasteiger partial charge in [0.1, 0.15) is 0 Å². The molecule has 0 aliphatic heterocycles. The molecule has 0 aromatic heterocycles. The molecular formula is C11H13Cl2N3O3. The molecule has 0 fully saturated rings. The third-order valence-corrected chi connectivity index (χ3v) is 2.98. The monoisotopic (exact) mass is 305 g/mol. The lowest BCUT2D eigenvalue weighted by Crippen LogP contribution is -2.45. The van der Waals surface area contributed by atoms with E-state index in [1.54, 1.807) is 13.8 Å². The van der Waals surface area contributed by atoms with Crippen LogP contribution in [0.15, 0.2) is 12.1 Å². The van der Waals surface area contributed by atoms with E-state index in [1.165, 1.54) is 0 Å². The van der Waals surface area contributed by atoms with Crippen molar-refractivity contribution in [2.24, 2.45) is 5.73 Å². The van der Waals surface area contributed by atoms with Gasteiger partial charge in [-0.1, -0.05) is 23.2 Å². The maximum absolute atomic E-state index is 11.9. The zero-order chi connectivity index (χ0) is 14.8. The van der Waals surface area contributed by atoms with Gasteiger partial charge in [-0.05, 0) is 13.8 Å². The first-order valence-electron chi connectivity index (χ1n) is 5.32. The van der Waals surface area contributed by atoms with Gasteiger partial charge in [-0.15, -0.1) is 0 Å². The molecule has 104 valence electrons. The molecule has 0 aliphatic rings. The predicted octanol–water partition coefficient (Wildman–Crippen LogP) is 2.37. The number of rotatable bonds is 4. The Balaban J connectivity index is 3.05. The highest BCUT2D eigenvalue weighted by atomic mass is 35.5. The molecule has 0 unspecified atom stereocenters. The lowest BCUT2D eigenvalue weighted by molar-refractivity contribution is -0.384. The number of amides is 1. The minimum Gasteiger partial charge on any atom is -0.350 e. The normalized spacial score (nSPS) is 11.2. The maximum Gasteiger partial charge on any atom is 0.271 e. The lowest BCUT2D eigenvalue weighted by atomic mass is 10.1. The van der Waals surface area contributed by atoms with E-state index in [0.717, 1.165) is 12.1 Å². The number of nitrogens with two attached hydrogens (primary N) is 1. The van der Waals surface area contributed by atoms with E-state index in [1.807, 2.05) is 0 Å². The molecule has 1 rings (SSSR count). The zero-order valence-corrected chi connectivity index (χ0v) is 11.9. The van der Waals surface area contributed by atoms with Crippen molar-refractivity contribution in [3.8, 4) is 0 Å². The second-order valence-electron chi connectivity index (χ2n) is 4.72. The number of carbonyl (C=O) groups excluding carboxylic acids is 1. The number of nitrogens with one attached hydrogen (secondary N) is 1. The summed E-state index contributed by atoms with van der Waals surface area (Å²) in [6, 6.07) is 2.17. The Morgan fingerprint density at radius 2 is 2.05 bits per heavy atom. The first kappa shape index (κ1) is 15.7. The number of benzene rings is 1. The molecule has 1 aromatic rings. The fourth-order valence-electron chi connectivity index (χ4n) is 1.25. The SMILES string of the molecule is CC(C)(N)CNC(=O)c1cc([N+](=O)[O-])cc(Cl)c1Cl. The van der Waals surface area contributed by atoms with E-state index < -0.39 is 16.4 Å². The van der Waals surface area contributed by atoms with E-state index in [2.05, 4.69) is 5.32 Å². The average molecular weight is 306 g/mol. The summed E-state index contributed by atoms with van der Waals surface area (Å²) >= 11 is 11.6. The fraction of sp³-hybridized carbons (Fsp3) is 0.364. The highest BCUT2D eigenvalue weighted by Crippen LogP contribution is 2.30. The van der Waals surface area contributed by atoms with Gasteiger partial charge in [0.15, 0.2) is 0 Å². The molecule has 6 nitrogen and oxygen atoms in total. The lowest BCUT2D eigenvalue weighted by Gasteiger charge is -2.19. The van der Waals surface area contributed by atoms with Crippen molar-refractivity contribution in [3.63, 3.8) is 0 Å². The molecule has 1 aromatic carbocycles. The van der Waals surface area contributed by atoms with Gasteiger partial charge in [0.2, 0.25) is 0 Å². The number of nitro benzene ring substituents is 1. The zero-order valence-electron chi connectivity index (χ0n) is 10.4. The van der Waals surface area contributed by atoms with E-state index in [4.69, 9.17) is 28.9 Å². The standard InChI is InChI=1S/C11H13Cl2N3O3/c1-11(2,14)5-15-10(17)7-3-6(16(18)19)4-8(12)9(7)13/h3-4H,5,14H2,1-2H3,(H,15,17). The number of carbonyl (C=O) groups is 1. The van der Waals surface area contributed by atoms with Crippen LogP contribution in [0.5, 0.6) is 0 Å². The van der Waals surface area contributed by atoms with E-state index in [9.17, 15) is 14.9 Å². The number of nitrogens with zero attached hydrogens (tertiary/aromatic N) is 1. The van der Waals surface area contributed by atoms with Crippen LogP contribution < -0.4 is 11.1 Å². The molecule has 19 heavy (non-hydrogen) atoms. The fourth-order valence-corrected chi connectivity index (χ4v) is 1.66. The van der Waals surface area contributed by atoms with Crippen LogP contribution >= 0.6 is 23.2 Å². The van der Waals surface area contributed by atoms with Crippen LogP contribution in [0.1, 0.15) is 24.2 Å². The highest BCUT2D eigenvalue weighted by Gasteiger charge is 2.20. The molecule has 8 heteroatoms. The number of nitro groups is 1.